The van der Waals surface area contributed by atoms with Crippen molar-refractivity contribution in [1.82, 2.24) is 0 Å². The fourth-order valence-electron chi connectivity index (χ4n) is 3.29. The molecule has 0 aliphatic heterocycles. The van der Waals surface area contributed by atoms with Gasteiger partial charge in [0.1, 0.15) is 0 Å². The van der Waals surface area contributed by atoms with Crippen LogP contribution in [0.4, 0.5) is 11.4 Å². The largest absolute Gasteiger partial charge is 0.325 e. The Labute approximate surface area is 192 Å². The standard InChI is InChI=1S/C27H24N2O2S/c1-18-7-11-23(12-8-18)28-26(30)19(2)32-25-15-13-24(14-16-25)29-27(31)22-10-9-20-5-3-4-6-21(20)17-22/h3-17,19H,1-2H3,(H,28,30)(H,29,31). The van der Waals surface area contributed by atoms with Crippen LogP contribution < -0.4 is 10.6 Å². The Balaban J connectivity index is 1.35. The maximum Gasteiger partial charge on any atom is 0.255 e. The van der Waals surface area contributed by atoms with E-state index < -0.39 is 0 Å². The Bertz CT molecular complexity index is 1250. The fourth-order valence-corrected chi connectivity index (χ4v) is 4.16. The van der Waals surface area contributed by atoms with Crippen LogP contribution in [0.1, 0.15) is 22.8 Å². The van der Waals surface area contributed by atoms with E-state index in [4.69, 9.17) is 0 Å². The highest BCUT2D eigenvalue weighted by Crippen LogP contribution is 2.26. The van der Waals surface area contributed by atoms with Gasteiger partial charge >= 0.3 is 0 Å². The summed E-state index contributed by atoms with van der Waals surface area (Å²) in [4.78, 5) is 26.1. The number of hydrogen-bond donors (Lipinski definition) is 2. The van der Waals surface area contributed by atoms with Crippen LogP contribution in [0, 0.1) is 6.92 Å². The zero-order valence-corrected chi connectivity index (χ0v) is 18.8. The summed E-state index contributed by atoms with van der Waals surface area (Å²) in [6, 6.07) is 28.9. The molecule has 0 aliphatic carbocycles. The minimum atomic E-state index is -0.255. The lowest BCUT2D eigenvalue weighted by molar-refractivity contribution is -0.115. The summed E-state index contributed by atoms with van der Waals surface area (Å²) >= 11 is 1.47. The molecule has 4 aromatic rings. The molecule has 32 heavy (non-hydrogen) atoms. The third kappa shape index (κ3) is 5.37. The number of hydrogen-bond acceptors (Lipinski definition) is 3. The van der Waals surface area contributed by atoms with Gasteiger partial charge in [0, 0.05) is 21.8 Å². The number of fused-ring (bicyclic) bond motifs is 1. The van der Waals surface area contributed by atoms with E-state index in [0.29, 0.717) is 11.3 Å². The van der Waals surface area contributed by atoms with Crippen LogP contribution in [0.25, 0.3) is 10.8 Å². The average Bonchev–Trinajstić information content (AvgIpc) is 2.81. The van der Waals surface area contributed by atoms with Crippen LogP contribution in [-0.2, 0) is 4.79 Å². The number of carbonyl (C=O) groups excluding carboxylic acids is 2. The molecule has 2 N–H and O–H groups in total. The molecule has 0 saturated heterocycles. The maximum atomic E-state index is 12.6. The fraction of sp³-hybridized carbons (Fsp3) is 0.111. The normalized spacial score (nSPS) is 11.7. The first kappa shape index (κ1) is 21.7. The Morgan fingerprint density at radius 1 is 0.750 bits per heavy atom. The van der Waals surface area contributed by atoms with Gasteiger partial charge in [0.2, 0.25) is 5.91 Å². The SMILES string of the molecule is Cc1ccc(NC(=O)C(C)Sc2ccc(NC(=O)c3ccc4ccccc4c3)cc2)cc1. The minimum absolute atomic E-state index is 0.0486. The zero-order valence-electron chi connectivity index (χ0n) is 18.0. The van der Waals surface area contributed by atoms with Crippen molar-refractivity contribution in [2.24, 2.45) is 0 Å². The van der Waals surface area contributed by atoms with Crippen molar-refractivity contribution in [2.45, 2.75) is 24.0 Å². The van der Waals surface area contributed by atoms with Crippen molar-refractivity contribution in [1.29, 1.82) is 0 Å². The number of aryl methyl sites for hydroxylation is 1. The van der Waals surface area contributed by atoms with Crippen molar-refractivity contribution in [2.75, 3.05) is 10.6 Å². The van der Waals surface area contributed by atoms with Crippen LogP contribution in [0.3, 0.4) is 0 Å². The average molecular weight is 441 g/mol. The van der Waals surface area contributed by atoms with Gasteiger partial charge in [-0.3, -0.25) is 9.59 Å². The van der Waals surface area contributed by atoms with E-state index >= 15 is 0 Å². The van der Waals surface area contributed by atoms with Crippen LogP contribution in [0.15, 0.2) is 95.9 Å². The van der Waals surface area contributed by atoms with Gasteiger partial charge in [-0.05, 0) is 73.2 Å². The molecule has 2 amide bonds. The highest BCUT2D eigenvalue weighted by Gasteiger charge is 2.15. The van der Waals surface area contributed by atoms with Crippen molar-refractivity contribution in [3.05, 3.63) is 102 Å². The lowest BCUT2D eigenvalue weighted by Crippen LogP contribution is -2.22. The molecule has 4 aromatic carbocycles. The first-order chi connectivity index (χ1) is 15.5. The highest BCUT2D eigenvalue weighted by atomic mass is 32.2. The van der Waals surface area contributed by atoms with Crippen LogP contribution in [0.5, 0.6) is 0 Å². The van der Waals surface area contributed by atoms with Gasteiger partial charge in [-0.2, -0.15) is 0 Å². The summed E-state index contributed by atoms with van der Waals surface area (Å²) in [5.74, 6) is -0.200. The zero-order chi connectivity index (χ0) is 22.5. The molecule has 0 fully saturated rings. The molecule has 4 rings (SSSR count). The van der Waals surface area contributed by atoms with E-state index in [1.54, 1.807) is 0 Å². The lowest BCUT2D eigenvalue weighted by Gasteiger charge is -2.13. The quantitative estimate of drug-likeness (QED) is 0.336. The number of benzene rings is 4. The molecule has 0 heterocycles. The van der Waals surface area contributed by atoms with Crippen molar-refractivity contribution < 1.29 is 9.59 Å². The maximum absolute atomic E-state index is 12.6. The molecule has 0 radical (unpaired) electrons. The van der Waals surface area contributed by atoms with Gasteiger partial charge in [0.15, 0.2) is 0 Å². The smallest absolute Gasteiger partial charge is 0.255 e. The predicted molar refractivity (Wildman–Crippen MR) is 133 cm³/mol. The summed E-state index contributed by atoms with van der Waals surface area (Å²) in [7, 11) is 0. The second kappa shape index (κ2) is 9.71. The van der Waals surface area contributed by atoms with Gasteiger partial charge < -0.3 is 10.6 Å². The molecule has 5 heteroatoms. The van der Waals surface area contributed by atoms with Gasteiger partial charge in [0.05, 0.1) is 5.25 Å². The molecule has 0 saturated carbocycles. The number of nitrogens with one attached hydrogen (secondary N) is 2. The molecule has 0 bridgehead atoms. The van der Waals surface area contributed by atoms with Crippen molar-refractivity contribution >= 4 is 45.7 Å². The number of anilines is 2. The molecule has 1 atom stereocenters. The van der Waals surface area contributed by atoms with Crippen molar-refractivity contribution in [3.63, 3.8) is 0 Å². The monoisotopic (exact) mass is 440 g/mol. The van der Waals surface area contributed by atoms with Gasteiger partial charge in [0.25, 0.3) is 5.91 Å². The van der Waals surface area contributed by atoms with Crippen LogP contribution >= 0.6 is 11.8 Å². The van der Waals surface area contributed by atoms with Crippen LogP contribution in [-0.4, -0.2) is 17.1 Å². The van der Waals surface area contributed by atoms with E-state index in [1.165, 1.54) is 11.8 Å². The first-order valence-corrected chi connectivity index (χ1v) is 11.3. The summed E-state index contributed by atoms with van der Waals surface area (Å²) in [6.45, 7) is 3.89. The molecule has 1 unspecified atom stereocenters. The summed E-state index contributed by atoms with van der Waals surface area (Å²) < 4.78 is 0. The van der Waals surface area contributed by atoms with E-state index in [9.17, 15) is 9.59 Å². The Hall–Kier alpha value is -3.57. The topological polar surface area (TPSA) is 58.2 Å². The molecule has 0 spiro atoms. The van der Waals surface area contributed by atoms with Crippen molar-refractivity contribution in [3.8, 4) is 0 Å². The third-order valence-electron chi connectivity index (χ3n) is 5.13. The number of amides is 2. The highest BCUT2D eigenvalue weighted by molar-refractivity contribution is 8.00. The third-order valence-corrected chi connectivity index (χ3v) is 6.24. The first-order valence-electron chi connectivity index (χ1n) is 10.4. The summed E-state index contributed by atoms with van der Waals surface area (Å²) in [6.07, 6.45) is 0. The molecular formula is C27H24N2O2S. The van der Waals surface area contributed by atoms with Gasteiger partial charge in [-0.25, -0.2) is 0 Å². The Kier molecular flexibility index (Phi) is 6.57. The molecule has 0 aromatic heterocycles. The van der Waals surface area contributed by atoms with E-state index in [-0.39, 0.29) is 17.1 Å². The Morgan fingerprint density at radius 3 is 2.09 bits per heavy atom. The van der Waals surface area contributed by atoms with E-state index in [1.807, 2.05) is 105 Å². The second-order valence-corrected chi connectivity index (χ2v) is 9.07. The van der Waals surface area contributed by atoms with E-state index in [0.717, 1.165) is 26.9 Å². The molecular weight excluding hydrogens is 416 g/mol. The number of rotatable bonds is 6. The number of carbonyl (C=O) groups is 2. The minimum Gasteiger partial charge on any atom is -0.325 e. The second-order valence-electron chi connectivity index (χ2n) is 7.66. The molecule has 160 valence electrons. The summed E-state index contributed by atoms with van der Waals surface area (Å²) in [5.41, 5.74) is 3.27. The predicted octanol–water partition coefficient (Wildman–Crippen LogP) is 6.52. The Morgan fingerprint density at radius 2 is 1.38 bits per heavy atom. The summed E-state index contributed by atoms with van der Waals surface area (Å²) in [5, 5.41) is 7.76. The number of thioether (sulfide) groups is 1. The molecule has 4 nitrogen and oxygen atoms in total. The van der Waals surface area contributed by atoms with E-state index in [2.05, 4.69) is 10.6 Å². The van der Waals surface area contributed by atoms with Crippen LogP contribution in [0.2, 0.25) is 0 Å². The molecule has 0 aliphatic rings. The van der Waals surface area contributed by atoms with Gasteiger partial charge in [-0.1, -0.05) is 48.0 Å². The van der Waals surface area contributed by atoms with Gasteiger partial charge in [-0.15, -0.1) is 11.8 Å². The lowest BCUT2D eigenvalue weighted by atomic mass is 10.1.